The molecule has 1 aliphatic heterocycles. The van der Waals surface area contributed by atoms with Gasteiger partial charge in [-0.1, -0.05) is 35.3 Å². The van der Waals surface area contributed by atoms with Gasteiger partial charge in [-0.3, -0.25) is 4.79 Å². The maximum atomic E-state index is 12.8. The van der Waals surface area contributed by atoms with E-state index in [1.807, 2.05) is 19.1 Å². The van der Waals surface area contributed by atoms with E-state index in [1.165, 1.54) is 22.5 Å². The molecule has 144 valence electrons. The second kappa shape index (κ2) is 8.19. The van der Waals surface area contributed by atoms with Crippen LogP contribution in [0.15, 0.2) is 47.4 Å². The average molecular weight is 427 g/mol. The fourth-order valence-electron chi connectivity index (χ4n) is 3.02. The molecule has 1 fully saturated rings. The molecule has 0 radical (unpaired) electrons. The van der Waals surface area contributed by atoms with Crippen molar-refractivity contribution in [3.05, 3.63) is 63.6 Å². The molecule has 1 saturated heterocycles. The largest absolute Gasteiger partial charge is 0.346 e. The van der Waals surface area contributed by atoms with Gasteiger partial charge in [-0.25, -0.2) is 8.42 Å². The first-order chi connectivity index (χ1) is 12.8. The molecular formula is C19H20Cl2N2O3S. The third-order valence-electron chi connectivity index (χ3n) is 4.59. The lowest BCUT2D eigenvalue weighted by Crippen LogP contribution is -2.29. The molecule has 0 unspecified atom stereocenters. The summed E-state index contributed by atoms with van der Waals surface area (Å²) in [7, 11) is -3.70. The number of hydrogen-bond acceptors (Lipinski definition) is 3. The highest BCUT2D eigenvalue weighted by molar-refractivity contribution is 7.89. The van der Waals surface area contributed by atoms with Crippen molar-refractivity contribution in [1.29, 1.82) is 0 Å². The lowest BCUT2D eigenvalue weighted by Gasteiger charge is -2.18. The highest BCUT2D eigenvalue weighted by Crippen LogP contribution is 2.28. The number of amides is 1. The first kappa shape index (κ1) is 20.1. The fraction of sp³-hybridized carbons (Fsp3) is 0.316. The van der Waals surface area contributed by atoms with Crippen LogP contribution in [0.3, 0.4) is 0 Å². The Balaban J connectivity index is 1.82. The lowest BCUT2D eigenvalue weighted by atomic mass is 10.1. The Morgan fingerprint density at radius 2 is 1.70 bits per heavy atom. The van der Waals surface area contributed by atoms with Crippen LogP contribution in [0.2, 0.25) is 10.0 Å². The van der Waals surface area contributed by atoms with E-state index < -0.39 is 10.0 Å². The van der Waals surface area contributed by atoms with Crippen molar-refractivity contribution in [2.45, 2.75) is 30.7 Å². The molecule has 1 atom stereocenters. The summed E-state index contributed by atoms with van der Waals surface area (Å²) in [6.07, 6.45) is 1.66. The zero-order valence-electron chi connectivity index (χ0n) is 14.8. The summed E-state index contributed by atoms with van der Waals surface area (Å²) in [6, 6.07) is 11.2. The van der Waals surface area contributed by atoms with Crippen LogP contribution in [0.5, 0.6) is 0 Å². The number of carbonyl (C=O) groups excluding carboxylic acids is 1. The van der Waals surface area contributed by atoms with E-state index in [4.69, 9.17) is 23.2 Å². The minimum atomic E-state index is -3.70. The third kappa shape index (κ3) is 4.46. The van der Waals surface area contributed by atoms with Gasteiger partial charge in [-0.15, -0.1) is 0 Å². The van der Waals surface area contributed by atoms with Crippen molar-refractivity contribution in [1.82, 2.24) is 9.62 Å². The lowest BCUT2D eigenvalue weighted by molar-refractivity contribution is 0.0939. The number of hydrogen-bond donors (Lipinski definition) is 1. The van der Waals surface area contributed by atoms with Crippen LogP contribution in [-0.2, 0) is 10.0 Å². The number of carbonyl (C=O) groups is 1. The SMILES string of the molecule is C[C@H](NC(=O)c1ccc(Cl)c(S(=O)(=O)N2CCCC2)c1)c1ccc(Cl)cc1. The van der Waals surface area contributed by atoms with Gasteiger partial charge in [0.25, 0.3) is 5.91 Å². The van der Waals surface area contributed by atoms with Gasteiger partial charge in [-0.2, -0.15) is 4.31 Å². The first-order valence-electron chi connectivity index (χ1n) is 8.65. The van der Waals surface area contributed by atoms with E-state index in [1.54, 1.807) is 12.1 Å². The molecule has 3 rings (SSSR count). The Kier molecular flexibility index (Phi) is 6.11. The molecule has 1 heterocycles. The van der Waals surface area contributed by atoms with Gasteiger partial charge in [0.15, 0.2) is 0 Å². The van der Waals surface area contributed by atoms with Crippen molar-refractivity contribution in [2.24, 2.45) is 0 Å². The fourth-order valence-corrected chi connectivity index (χ4v) is 5.17. The number of rotatable bonds is 5. The number of sulfonamides is 1. The summed E-state index contributed by atoms with van der Waals surface area (Å²) in [4.78, 5) is 12.6. The van der Waals surface area contributed by atoms with Crippen LogP contribution in [0.25, 0.3) is 0 Å². The van der Waals surface area contributed by atoms with E-state index >= 15 is 0 Å². The van der Waals surface area contributed by atoms with Crippen LogP contribution in [0.1, 0.15) is 41.7 Å². The maximum absolute atomic E-state index is 12.8. The predicted molar refractivity (Wildman–Crippen MR) is 107 cm³/mol. The highest BCUT2D eigenvalue weighted by atomic mass is 35.5. The van der Waals surface area contributed by atoms with Gasteiger partial charge in [0.1, 0.15) is 4.90 Å². The molecule has 2 aromatic rings. The van der Waals surface area contributed by atoms with Crippen molar-refractivity contribution in [3.63, 3.8) is 0 Å². The third-order valence-corrected chi connectivity index (χ3v) is 7.23. The van der Waals surface area contributed by atoms with E-state index in [0.29, 0.717) is 18.1 Å². The molecule has 0 spiro atoms. The number of benzene rings is 2. The predicted octanol–water partition coefficient (Wildman–Crippen LogP) is 4.27. The summed E-state index contributed by atoms with van der Waals surface area (Å²) in [5.41, 5.74) is 1.14. The Hall–Kier alpha value is -1.60. The van der Waals surface area contributed by atoms with Crippen molar-refractivity contribution >= 4 is 39.1 Å². The van der Waals surface area contributed by atoms with Crippen LogP contribution >= 0.6 is 23.2 Å². The molecule has 0 aliphatic carbocycles. The number of nitrogens with one attached hydrogen (secondary N) is 1. The van der Waals surface area contributed by atoms with E-state index in [-0.39, 0.29) is 27.4 Å². The van der Waals surface area contributed by atoms with Crippen LogP contribution in [0.4, 0.5) is 0 Å². The normalized spacial score (nSPS) is 16.3. The van der Waals surface area contributed by atoms with Gasteiger partial charge in [-0.05, 0) is 55.7 Å². The van der Waals surface area contributed by atoms with Gasteiger partial charge < -0.3 is 5.32 Å². The van der Waals surface area contributed by atoms with Crippen molar-refractivity contribution in [2.75, 3.05) is 13.1 Å². The second-order valence-corrected chi connectivity index (χ2v) is 9.25. The molecule has 1 N–H and O–H groups in total. The average Bonchev–Trinajstić information content (AvgIpc) is 3.18. The first-order valence-corrected chi connectivity index (χ1v) is 10.8. The Labute approximate surface area is 169 Å². The Morgan fingerprint density at radius 3 is 2.33 bits per heavy atom. The molecule has 1 aliphatic rings. The molecule has 5 nitrogen and oxygen atoms in total. The van der Waals surface area contributed by atoms with E-state index in [2.05, 4.69) is 5.32 Å². The molecule has 2 aromatic carbocycles. The van der Waals surface area contributed by atoms with E-state index in [9.17, 15) is 13.2 Å². The molecule has 8 heteroatoms. The number of halogens is 2. The Morgan fingerprint density at radius 1 is 1.07 bits per heavy atom. The molecule has 1 amide bonds. The minimum Gasteiger partial charge on any atom is -0.346 e. The summed E-state index contributed by atoms with van der Waals surface area (Å²) in [5.74, 6) is -0.369. The number of nitrogens with zero attached hydrogens (tertiary/aromatic N) is 1. The van der Waals surface area contributed by atoms with Gasteiger partial charge >= 0.3 is 0 Å². The zero-order chi connectivity index (χ0) is 19.6. The van der Waals surface area contributed by atoms with Crippen LogP contribution < -0.4 is 5.32 Å². The van der Waals surface area contributed by atoms with Crippen molar-refractivity contribution in [3.8, 4) is 0 Å². The smallest absolute Gasteiger partial charge is 0.251 e. The summed E-state index contributed by atoms with van der Waals surface area (Å²) in [5, 5.41) is 3.60. The van der Waals surface area contributed by atoms with E-state index in [0.717, 1.165) is 18.4 Å². The topological polar surface area (TPSA) is 66.5 Å². The van der Waals surface area contributed by atoms with Gasteiger partial charge in [0.05, 0.1) is 11.1 Å². The maximum Gasteiger partial charge on any atom is 0.251 e. The zero-order valence-corrected chi connectivity index (χ0v) is 17.1. The monoisotopic (exact) mass is 426 g/mol. The standard InChI is InChI=1S/C19H20Cl2N2O3S/c1-13(14-4-7-16(20)8-5-14)22-19(24)15-6-9-17(21)18(12-15)27(25,26)23-10-2-3-11-23/h4-9,12-13H,2-3,10-11H2,1H3,(H,22,24)/t13-/m0/s1. The molecular weight excluding hydrogens is 407 g/mol. The molecule has 0 saturated carbocycles. The van der Waals surface area contributed by atoms with Crippen molar-refractivity contribution < 1.29 is 13.2 Å². The van der Waals surface area contributed by atoms with Crippen LogP contribution in [-0.4, -0.2) is 31.7 Å². The highest BCUT2D eigenvalue weighted by Gasteiger charge is 2.29. The van der Waals surface area contributed by atoms with Gasteiger partial charge in [0.2, 0.25) is 10.0 Å². The van der Waals surface area contributed by atoms with Crippen LogP contribution in [0, 0.1) is 0 Å². The summed E-state index contributed by atoms with van der Waals surface area (Å²) in [6.45, 7) is 2.80. The quantitative estimate of drug-likeness (QED) is 0.775. The molecule has 0 aromatic heterocycles. The summed E-state index contributed by atoms with van der Waals surface area (Å²) >= 11 is 12.0. The Bertz CT molecular complexity index is 940. The van der Waals surface area contributed by atoms with Gasteiger partial charge in [0, 0.05) is 23.7 Å². The minimum absolute atomic E-state index is 0.0298. The summed E-state index contributed by atoms with van der Waals surface area (Å²) < 4.78 is 27.0. The molecule has 27 heavy (non-hydrogen) atoms. The molecule has 0 bridgehead atoms. The second-order valence-electron chi connectivity index (χ2n) is 6.50.